The largest absolute Gasteiger partial charge is 0.467 e. The van der Waals surface area contributed by atoms with Crippen molar-refractivity contribution in [2.45, 2.75) is 19.4 Å². The molecule has 0 unspecified atom stereocenters. The van der Waals surface area contributed by atoms with E-state index >= 15 is 0 Å². The van der Waals surface area contributed by atoms with Crippen molar-refractivity contribution in [1.29, 1.82) is 0 Å². The maximum absolute atomic E-state index is 11.7. The van der Waals surface area contributed by atoms with E-state index in [1.54, 1.807) is 7.05 Å². The summed E-state index contributed by atoms with van der Waals surface area (Å²) in [7, 11) is 2.94. The van der Waals surface area contributed by atoms with Gasteiger partial charge in [0.05, 0.1) is 7.11 Å². The highest BCUT2D eigenvalue weighted by molar-refractivity contribution is 14.1. The number of nitrogens with zero attached hydrogens (tertiary/aromatic N) is 1. The summed E-state index contributed by atoms with van der Waals surface area (Å²) in [5, 5.41) is 0. The molecule has 98 valence electrons. The van der Waals surface area contributed by atoms with Gasteiger partial charge < -0.3 is 9.64 Å². The van der Waals surface area contributed by atoms with Crippen LogP contribution >= 0.6 is 22.6 Å². The molecule has 0 saturated carbocycles. The summed E-state index contributed by atoms with van der Waals surface area (Å²) in [4.78, 5) is 24.5. The Morgan fingerprint density at radius 1 is 1.33 bits per heavy atom. The van der Waals surface area contributed by atoms with Crippen LogP contribution in [-0.4, -0.2) is 37.0 Å². The molecule has 18 heavy (non-hydrogen) atoms. The standard InChI is InChI=1S/C13H16INO3/c1-9(16)15(2)12(13(17)18-3)8-10-4-6-11(14)7-5-10/h4-7,12H,8H2,1-3H3/t12-/m0/s1. The van der Waals surface area contributed by atoms with Gasteiger partial charge >= 0.3 is 5.97 Å². The molecule has 0 radical (unpaired) electrons. The highest BCUT2D eigenvalue weighted by Crippen LogP contribution is 2.12. The zero-order valence-electron chi connectivity index (χ0n) is 10.6. The van der Waals surface area contributed by atoms with Crippen LogP contribution in [0, 0.1) is 3.57 Å². The van der Waals surface area contributed by atoms with Crippen LogP contribution in [-0.2, 0) is 20.7 Å². The minimum absolute atomic E-state index is 0.157. The van der Waals surface area contributed by atoms with E-state index in [1.165, 1.54) is 18.9 Å². The van der Waals surface area contributed by atoms with Crippen LogP contribution in [0.5, 0.6) is 0 Å². The average molecular weight is 361 g/mol. The third-order valence-corrected chi connectivity index (χ3v) is 3.50. The van der Waals surface area contributed by atoms with Gasteiger partial charge in [-0.1, -0.05) is 12.1 Å². The summed E-state index contributed by atoms with van der Waals surface area (Å²) in [5.74, 6) is -0.554. The van der Waals surface area contributed by atoms with Crippen molar-refractivity contribution < 1.29 is 14.3 Å². The first-order valence-electron chi connectivity index (χ1n) is 5.51. The average Bonchev–Trinajstić information content (AvgIpc) is 2.36. The molecule has 0 spiro atoms. The van der Waals surface area contributed by atoms with Gasteiger partial charge in [-0.2, -0.15) is 0 Å². The molecule has 1 rings (SSSR count). The molecule has 0 N–H and O–H groups in total. The second-order valence-corrected chi connectivity index (χ2v) is 5.25. The number of carbonyl (C=O) groups excluding carboxylic acids is 2. The molecule has 5 heteroatoms. The molecular weight excluding hydrogens is 345 g/mol. The van der Waals surface area contributed by atoms with Crippen LogP contribution in [0.4, 0.5) is 0 Å². The van der Waals surface area contributed by atoms with Crippen LogP contribution in [0.2, 0.25) is 0 Å². The normalized spacial score (nSPS) is 11.8. The van der Waals surface area contributed by atoms with Gasteiger partial charge in [0.1, 0.15) is 6.04 Å². The van der Waals surface area contributed by atoms with E-state index in [4.69, 9.17) is 4.74 Å². The first-order chi connectivity index (χ1) is 8.45. The van der Waals surface area contributed by atoms with E-state index in [0.717, 1.165) is 9.13 Å². The van der Waals surface area contributed by atoms with Crippen molar-refractivity contribution >= 4 is 34.5 Å². The molecule has 4 nitrogen and oxygen atoms in total. The summed E-state index contributed by atoms with van der Waals surface area (Å²) < 4.78 is 5.88. The van der Waals surface area contributed by atoms with E-state index < -0.39 is 12.0 Å². The van der Waals surface area contributed by atoms with Gasteiger partial charge in [-0.15, -0.1) is 0 Å². The van der Waals surface area contributed by atoms with Gasteiger partial charge in [0.15, 0.2) is 0 Å². The summed E-state index contributed by atoms with van der Waals surface area (Å²) in [6, 6.07) is 7.26. The third-order valence-electron chi connectivity index (χ3n) is 2.78. The molecule has 0 aliphatic carbocycles. The highest BCUT2D eigenvalue weighted by Gasteiger charge is 2.26. The first-order valence-corrected chi connectivity index (χ1v) is 6.59. The zero-order chi connectivity index (χ0) is 13.7. The molecule has 0 saturated heterocycles. The fourth-order valence-electron chi connectivity index (χ4n) is 1.58. The van der Waals surface area contributed by atoms with E-state index in [-0.39, 0.29) is 5.91 Å². The molecule has 0 fully saturated rings. The lowest BCUT2D eigenvalue weighted by Crippen LogP contribution is -2.43. The van der Waals surface area contributed by atoms with Crippen LogP contribution < -0.4 is 0 Å². The summed E-state index contributed by atoms with van der Waals surface area (Å²) >= 11 is 2.22. The van der Waals surface area contributed by atoms with Gasteiger partial charge in [0.2, 0.25) is 5.91 Å². The predicted octanol–water partition coefficient (Wildman–Crippen LogP) is 1.85. The van der Waals surface area contributed by atoms with E-state index in [9.17, 15) is 9.59 Å². The van der Waals surface area contributed by atoms with Gasteiger partial charge in [0.25, 0.3) is 0 Å². The van der Waals surface area contributed by atoms with Crippen molar-refractivity contribution in [2.75, 3.05) is 14.2 Å². The molecular formula is C13H16INO3. The molecule has 0 aliphatic heterocycles. The van der Waals surface area contributed by atoms with Crippen LogP contribution in [0.3, 0.4) is 0 Å². The van der Waals surface area contributed by atoms with Crippen molar-refractivity contribution in [3.8, 4) is 0 Å². The Kier molecular flexibility index (Phi) is 5.58. The number of methoxy groups -OCH3 is 1. The molecule has 1 aromatic rings. The smallest absolute Gasteiger partial charge is 0.328 e. The summed E-state index contributed by atoms with van der Waals surface area (Å²) in [6.07, 6.45) is 0.458. The molecule has 0 aliphatic rings. The van der Waals surface area contributed by atoms with Crippen molar-refractivity contribution in [1.82, 2.24) is 4.90 Å². The van der Waals surface area contributed by atoms with E-state index in [2.05, 4.69) is 22.6 Å². The minimum Gasteiger partial charge on any atom is -0.467 e. The van der Waals surface area contributed by atoms with Crippen molar-refractivity contribution in [3.05, 3.63) is 33.4 Å². The Balaban J connectivity index is 2.88. The fraction of sp³-hybridized carbons (Fsp3) is 0.385. The number of carbonyl (C=O) groups is 2. The maximum atomic E-state index is 11.7. The first kappa shape index (κ1) is 14.9. The number of hydrogen-bond acceptors (Lipinski definition) is 3. The Labute approximate surface area is 120 Å². The van der Waals surface area contributed by atoms with Gasteiger partial charge in [-0.3, -0.25) is 4.79 Å². The highest BCUT2D eigenvalue weighted by atomic mass is 127. The number of hydrogen-bond donors (Lipinski definition) is 0. The Hall–Kier alpha value is -1.11. The summed E-state index contributed by atoms with van der Waals surface area (Å²) in [5.41, 5.74) is 0.999. The Morgan fingerprint density at radius 3 is 2.33 bits per heavy atom. The second-order valence-electron chi connectivity index (χ2n) is 4.00. The van der Waals surface area contributed by atoms with Crippen LogP contribution in [0.15, 0.2) is 24.3 Å². The molecule has 1 aromatic carbocycles. The number of rotatable bonds is 4. The van der Waals surface area contributed by atoms with Gasteiger partial charge in [0, 0.05) is 24.0 Å². The van der Waals surface area contributed by atoms with E-state index in [0.29, 0.717) is 6.42 Å². The molecule has 0 heterocycles. The van der Waals surface area contributed by atoms with Gasteiger partial charge in [-0.25, -0.2) is 4.79 Å². The number of likely N-dealkylation sites (N-methyl/N-ethyl adjacent to an activating group) is 1. The van der Waals surface area contributed by atoms with Gasteiger partial charge in [-0.05, 0) is 40.3 Å². The number of amides is 1. The number of benzene rings is 1. The molecule has 0 bridgehead atoms. The number of ether oxygens (including phenoxy) is 1. The SMILES string of the molecule is COC(=O)[C@H](Cc1ccc(I)cc1)N(C)C(C)=O. The number of esters is 1. The lowest BCUT2D eigenvalue weighted by Gasteiger charge is -2.25. The minimum atomic E-state index is -0.576. The van der Waals surface area contributed by atoms with Crippen molar-refractivity contribution in [2.24, 2.45) is 0 Å². The Morgan fingerprint density at radius 2 is 1.89 bits per heavy atom. The predicted molar refractivity (Wildman–Crippen MR) is 77.1 cm³/mol. The molecule has 1 amide bonds. The topological polar surface area (TPSA) is 46.6 Å². The molecule has 0 aromatic heterocycles. The third kappa shape index (κ3) is 3.97. The van der Waals surface area contributed by atoms with Crippen molar-refractivity contribution in [3.63, 3.8) is 0 Å². The maximum Gasteiger partial charge on any atom is 0.328 e. The summed E-state index contributed by atoms with van der Waals surface area (Å²) in [6.45, 7) is 1.43. The molecule has 1 atom stereocenters. The monoisotopic (exact) mass is 361 g/mol. The second kappa shape index (κ2) is 6.72. The lowest BCUT2D eigenvalue weighted by molar-refractivity contribution is -0.151. The van der Waals surface area contributed by atoms with Crippen LogP contribution in [0.25, 0.3) is 0 Å². The lowest BCUT2D eigenvalue weighted by atomic mass is 10.1. The van der Waals surface area contributed by atoms with Crippen LogP contribution in [0.1, 0.15) is 12.5 Å². The Bertz CT molecular complexity index is 430. The zero-order valence-corrected chi connectivity index (χ0v) is 12.8. The quantitative estimate of drug-likeness (QED) is 0.608. The fourth-order valence-corrected chi connectivity index (χ4v) is 1.94. The van der Waals surface area contributed by atoms with E-state index in [1.807, 2.05) is 24.3 Å². The number of halogens is 1.